The second-order valence-electron chi connectivity index (χ2n) is 7.12. The van der Waals surface area contributed by atoms with Crippen LogP contribution in [0.2, 0.25) is 0 Å². The molecule has 1 aliphatic rings. The molecule has 1 saturated carbocycles. The molecule has 25 heavy (non-hydrogen) atoms. The monoisotopic (exact) mass is 346 g/mol. The zero-order chi connectivity index (χ0) is 18.1. The molecule has 1 aliphatic carbocycles. The van der Waals surface area contributed by atoms with E-state index >= 15 is 0 Å². The van der Waals surface area contributed by atoms with Crippen molar-refractivity contribution < 1.29 is 5.11 Å². The molecule has 0 radical (unpaired) electrons. The SMILES string of the molecule is CCNC(=NCC(C)N(C)Cc1ccccc1)NC1CCC(O)CC1. The van der Waals surface area contributed by atoms with Crippen molar-refractivity contribution in [3.8, 4) is 0 Å². The van der Waals surface area contributed by atoms with Crippen molar-refractivity contribution in [2.24, 2.45) is 4.99 Å². The Morgan fingerprint density at radius 3 is 2.56 bits per heavy atom. The van der Waals surface area contributed by atoms with Crippen molar-refractivity contribution in [1.29, 1.82) is 0 Å². The van der Waals surface area contributed by atoms with Crippen molar-refractivity contribution in [2.75, 3.05) is 20.1 Å². The number of aliphatic hydroxyl groups is 1. The minimum absolute atomic E-state index is 0.121. The van der Waals surface area contributed by atoms with Crippen LogP contribution in [0.5, 0.6) is 0 Å². The molecule has 0 aromatic heterocycles. The smallest absolute Gasteiger partial charge is 0.191 e. The van der Waals surface area contributed by atoms with Crippen LogP contribution in [0.3, 0.4) is 0 Å². The van der Waals surface area contributed by atoms with Gasteiger partial charge < -0.3 is 15.7 Å². The van der Waals surface area contributed by atoms with Crippen molar-refractivity contribution in [3.63, 3.8) is 0 Å². The van der Waals surface area contributed by atoms with Crippen LogP contribution in [-0.2, 0) is 6.54 Å². The van der Waals surface area contributed by atoms with E-state index in [0.29, 0.717) is 12.1 Å². The number of aliphatic imine (C=N–C) groups is 1. The Morgan fingerprint density at radius 1 is 1.24 bits per heavy atom. The van der Waals surface area contributed by atoms with Gasteiger partial charge in [-0.2, -0.15) is 0 Å². The van der Waals surface area contributed by atoms with Crippen molar-refractivity contribution in [2.45, 2.75) is 64.3 Å². The molecule has 0 bridgehead atoms. The van der Waals surface area contributed by atoms with Gasteiger partial charge in [0.05, 0.1) is 12.6 Å². The average molecular weight is 347 g/mol. The van der Waals surface area contributed by atoms with Gasteiger partial charge in [-0.25, -0.2) is 0 Å². The predicted octanol–water partition coefficient (Wildman–Crippen LogP) is 2.37. The first-order chi connectivity index (χ1) is 12.1. The Kier molecular flexibility index (Phi) is 8.22. The van der Waals surface area contributed by atoms with Crippen molar-refractivity contribution in [1.82, 2.24) is 15.5 Å². The fourth-order valence-corrected chi connectivity index (χ4v) is 3.12. The first-order valence-corrected chi connectivity index (χ1v) is 9.55. The fraction of sp³-hybridized carbons (Fsp3) is 0.650. The van der Waals surface area contributed by atoms with E-state index in [2.05, 4.69) is 66.8 Å². The molecule has 0 saturated heterocycles. The van der Waals surface area contributed by atoms with Crippen LogP contribution < -0.4 is 10.6 Å². The molecule has 5 heteroatoms. The highest BCUT2D eigenvalue weighted by atomic mass is 16.3. The highest BCUT2D eigenvalue weighted by Crippen LogP contribution is 2.18. The third kappa shape index (κ3) is 7.04. The van der Waals surface area contributed by atoms with Gasteiger partial charge in [0.2, 0.25) is 0 Å². The van der Waals surface area contributed by atoms with Crippen LogP contribution in [0.15, 0.2) is 35.3 Å². The predicted molar refractivity (Wildman–Crippen MR) is 105 cm³/mol. The van der Waals surface area contributed by atoms with E-state index in [1.165, 1.54) is 5.56 Å². The maximum Gasteiger partial charge on any atom is 0.191 e. The summed E-state index contributed by atoms with van der Waals surface area (Å²) in [6.45, 7) is 6.85. The zero-order valence-electron chi connectivity index (χ0n) is 15.9. The molecule has 0 amide bonds. The first-order valence-electron chi connectivity index (χ1n) is 9.55. The molecule has 5 nitrogen and oxygen atoms in total. The van der Waals surface area contributed by atoms with E-state index in [9.17, 15) is 5.11 Å². The van der Waals surface area contributed by atoms with Gasteiger partial charge in [0.25, 0.3) is 0 Å². The summed E-state index contributed by atoms with van der Waals surface area (Å²) >= 11 is 0. The standard InChI is InChI=1S/C20H34N4O/c1-4-21-20(23-18-10-12-19(25)13-11-18)22-14-16(2)24(3)15-17-8-6-5-7-9-17/h5-9,16,18-19,25H,4,10-15H2,1-3H3,(H2,21,22,23). The number of nitrogens with one attached hydrogen (secondary N) is 2. The number of hydrogen-bond acceptors (Lipinski definition) is 3. The van der Waals surface area contributed by atoms with Gasteiger partial charge in [0, 0.05) is 25.2 Å². The highest BCUT2D eigenvalue weighted by molar-refractivity contribution is 5.80. The van der Waals surface area contributed by atoms with E-state index in [4.69, 9.17) is 4.99 Å². The summed E-state index contributed by atoms with van der Waals surface area (Å²) in [5, 5.41) is 16.5. The lowest BCUT2D eigenvalue weighted by molar-refractivity contribution is 0.120. The summed E-state index contributed by atoms with van der Waals surface area (Å²) in [6, 6.07) is 11.3. The summed E-state index contributed by atoms with van der Waals surface area (Å²) < 4.78 is 0. The third-order valence-corrected chi connectivity index (χ3v) is 4.92. The van der Waals surface area contributed by atoms with Crippen LogP contribution in [-0.4, -0.2) is 54.3 Å². The Balaban J connectivity index is 1.84. The molecular weight excluding hydrogens is 312 g/mol. The summed E-state index contributed by atoms with van der Waals surface area (Å²) in [5.41, 5.74) is 1.33. The van der Waals surface area contributed by atoms with Crippen LogP contribution in [0.1, 0.15) is 45.1 Å². The Bertz CT molecular complexity index is 512. The van der Waals surface area contributed by atoms with Gasteiger partial charge in [0.1, 0.15) is 0 Å². The molecule has 140 valence electrons. The zero-order valence-corrected chi connectivity index (χ0v) is 15.9. The maximum atomic E-state index is 9.64. The van der Waals surface area contributed by atoms with E-state index in [-0.39, 0.29) is 6.10 Å². The number of guanidine groups is 1. The molecule has 3 N–H and O–H groups in total. The minimum Gasteiger partial charge on any atom is -0.393 e. The van der Waals surface area contributed by atoms with Crippen LogP contribution in [0.4, 0.5) is 0 Å². The second-order valence-corrected chi connectivity index (χ2v) is 7.12. The minimum atomic E-state index is -0.121. The quantitative estimate of drug-likeness (QED) is 0.524. The lowest BCUT2D eigenvalue weighted by Gasteiger charge is -2.28. The first kappa shape index (κ1) is 19.7. The third-order valence-electron chi connectivity index (χ3n) is 4.92. The molecule has 1 aromatic carbocycles. The van der Waals surface area contributed by atoms with Gasteiger partial charge in [-0.15, -0.1) is 0 Å². The molecule has 0 heterocycles. The van der Waals surface area contributed by atoms with Crippen LogP contribution in [0, 0.1) is 0 Å². The number of nitrogens with zero attached hydrogens (tertiary/aromatic N) is 2. The topological polar surface area (TPSA) is 59.9 Å². The lowest BCUT2D eigenvalue weighted by Crippen LogP contribution is -2.46. The molecule has 1 fully saturated rings. The van der Waals surface area contributed by atoms with E-state index < -0.39 is 0 Å². The van der Waals surface area contributed by atoms with Gasteiger partial charge in [-0.3, -0.25) is 9.89 Å². The van der Waals surface area contributed by atoms with Gasteiger partial charge in [-0.1, -0.05) is 30.3 Å². The van der Waals surface area contributed by atoms with Crippen LogP contribution >= 0.6 is 0 Å². The summed E-state index contributed by atoms with van der Waals surface area (Å²) in [5.74, 6) is 0.892. The number of likely N-dealkylation sites (N-methyl/N-ethyl adjacent to an activating group) is 1. The molecule has 1 atom stereocenters. The number of benzene rings is 1. The maximum absolute atomic E-state index is 9.64. The summed E-state index contributed by atoms with van der Waals surface area (Å²) in [7, 11) is 2.15. The normalized spacial score (nSPS) is 22.7. The largest absolute Gasteiger partial charge is 0.393 e. The highest BCUT2D eigenvalue weighted by Gasteiger charge is 2.20. The van der Waals surface area contributed by atoms with Crippen molar-refractivity contribution in [3.05, 3.63) is 35.9 Å². The summed E-state index contributed by atoms with van der Waals surface area (Å²) in [6.07, 6.45) is 3.66. The Morgan fingerprint density at radius 2 is 1.92 bits per heavy atom. The average Bonchev–Trinajstić information content (AvgIpc) is 2.62. The van der Waals surface area contributed by atoms with Crippen molar-refractivity contribution >= 4 is 5.96 Å². The molecule has 2 rings (SSSR count). The number of hydrogen-bond donors (Lipinski definition) is 3. The summed E-state index contributed by atoms with van der Waals surface area (Å²) in [4.78, 5) is 7.11. The fourth-order valence-electron chi connectivity index (χ4n) is 3.12. The van der Waals surface area contributed by atoms with E-state index in [1.54, 1.807) is 0 Å². The molecule has 1 unspecified atom stereocenters. The number of rotatable bonds is 7. The molecule has 0 aliphatic heterocycles. The number of aliphatic hydroxyl groups excluding tert-OH is 1. The van der Waals surface area contributed by atoms with Gasteiger partial charge >= 0.3 is 0 Å². The Labute approximate surface area is 152 Å². The Hall–Kier alpha value is -1.59. The van der Waals surface area contributed by atoms with E-state index in [0.717, 1.165) is 51.3 Å². The van der Waals surface area contributed by atoms with Crippen LogP contribution in [0.25, 0.3) is 0 Å². The lowest BCUT2D eigenvalue weighted by atomic mass is 9.93. The van der Waals surface area contributed by atoms with Gasteiger partial charge in [-0.05, 0) is 52.1 Å². The molecular formula is C20H34N4O. The molecule has 1 aromatic rings. The van der Waals surface area contributed by atoms with E-state index in [1.807, 2.05) is 0 Å². The second kappa shape index (κ2) is 10.4. The van der Waals surface area contributed by atoms with Gasteiger partial charge in [0.15, 0.2) is 5.96 Å². The molecule has 0 spiro atoms.